The molecule has 1 amide bonds. The van der Waals surface area contributed by atoms with E-state index in [2.05, 4.69) is 4.99 Å². The largest absolute Gasteiger partial charge is 0.497 e. The van der Waals surface area contributed by atoms with Crippen molar-refractivity contribution in [2.75, 3.05) is 20.8 Å². The number of hydrogen-bond donors (Lipinski definition) is 0. The first-order valence-electron chi connectivity index (χ1n) is 8.89. The van der Waals surface area contributed by atoms with Crippen LogP contribution in [-0.4, -0.2) is 36.7 Å². The molecule has 28 heavy (non-hydrogen) atoms. The lowest BCUT2D eigenvalue weighted by atomic mass is 10.2. The van der Waals surface area contributed by atoms with E-state index in [1.54, 1.807) is 19.1 Å². The number of thioether (sulfide) groups is 1. The van der Waals surface area contributed by atoms with Crippen LogP contribution in [0.1, 0.15) is 12.5 Å². The first-order chi connectivity index (χ1) is 13.6. The maximum absolute atomic E-state index is 12.6. The summed E-state index contributed by atoms with van der Waals surface area (Å²) >= 11 is 1.38. The van der Waals surface area contributed by atoms with Crippen LogP contribution in [0.15, 0.2) is 70.6 Å². The Morgan fingerprint density at radius 1 is 1.00 bits per heavy atom. The monoisotopic (exact) mass is 394 g/mol. The average Bonchev–Trinajstić information content (AvgIpc) is 3.03. The summed E-state index contributed by atoms with van der Waals surface area (Å²) in [6.07, 6.45) is 5.66. The van der Waals surface area contributed by atoms with E-state index in [1.165, 1.54) is 11.8 Å². The van der Waals surface area contributed by atoms with Gasteiger partial charge >= 0.3 is 0 Å². The number of allylic oxidation sites excluding steroid dienone is 2. The van der Waals surface area contributed by atoms with Gasteiger partial charge in [0.15, 0.2) is 5.17 Å². The van der Waals surface area contributed by atoms with Crippen molar-refractivity contribution in [1.82, 2.24) is 4.90 Å². The minimum atomic E-state index is -0.0286. The molecule has 2 aromatic rings. The molecule has 144 valence electrons. The molecule has 3 rings (SSSR count). The second kappa shape index (κ2) is 9.28. The minimum absolute atomic E-state index is 0.0286. The van der Waals surface area contributed by atoms with E-state index < -0.39 is 0 Å². The Kier molecular flexibility index (Phi) is 6.55. The van der Waals surface area contributed by atoms with Crippen molar-refractivity contribution in [2.45, 2.75) is 6.92 Å². The summed E-state index contributed by atoms with van der Waals surface area (Å²) in [6.45, 7) is 2.51. The lowest BCUT2D eigenvalue weighted by molar-refractivity contribution is -0.122. The zero-order chi connectivity index (χ0) is 19.9. The molecule has 1 fully saturated rings. The molecule has 0 aromatic heterocycles. The Hall–Kier alpha value is -2.99. The van der Waals surface area contributed by atoms with Crippen molar-refractivity contribution in [2.24, 2.45) is 4.99 Å². The number of nitrogens with zero attached hydrogens (tertiary/aromatic N) is 2. The molecular formula is C22H22N2O3S. The van der Waals surface area contributed by atoms with Crippen LogP contribution >= 0.6 is 11.8 Å². The molecule has 1 heterocycles. The number of aliphatic imine (C=N–C) groups is 1. The third kappa shape index (κ3) is 4.64. The fourth-order valence-corrected chi connectivity index (χ4v) is 3.63. The van der Waals surface area contributed by atoms with Gasteiger partial charge in [0.1, 0.15) is 11.5 Å². The number of hydrogen-bond acceptors (Lipinski definition) is 5. The van der Waals surface area contributed by atoms with Crippen LogP contribution in [0.25, 0.3) is 6.08 Å². The van der Waals surface area contributed by atoms with Crippen LogP contribution in [-0.2, 0) is 4.79 Å². The molecule has 1 saturated heterocycles. The van der Waals surface area contributed by atoms with Gasteiger partial charge in [0.2, 0.25) is 0 Å². The number of ether oxygens (including phenoxy) is 2. The predicted molar refractivity (Wildman–Crippen MR) is 115 cm³/mol. The van der Waals surface area contributed by atoms with Gasteiger partial charge in [-0.3, -0.25) is 9.69 Å². The van der Waals surface area contributed by atoms with Gasteiger partial charge in [-0.2, -0.15) is 0 Å². The van der Waals surface area contributed by atoms with E-state index in [0.29, 0.717) is 16.6 Å². The highest BCUT2D eigenvalue weighted by Gasteiger charge is 2.31. The lowest BCUT2D eigenvalue weighted by Gasteiger charge is -2.12. The highest BCUT2D eigenvalue weighted by molar-refractivity contribution is 8.18. The molecule has 5 nitrogen and oxygen atoms in total. The first-order valence-corrected chi connectivity index (χ1v) is 9.71. The SMILES string of the molecule is CCN1C(=O)/C(=C\C=C\c2ccc(OC)cc2)SC1=Nc1ccc(OC)cc1. The van der Waals surface area contributed by atoms with Crippen molar-refractivity contribution in [3.8, 4) is 11.5 Å². The highest BCUT2D eigenvalue weighted by Crippen LogP contribution is 2.33. The molecule has 0 bridgehead atoms. The Morgan fingerprint density at radius 2 is 1.61 bits per heavy atom. The Labute approximate surface area is 169 Å². The summed E-state index contributed by atoms with van der Waals surface area (Å²) in [4.78, 5) is 19.6. The van der Waals surface area contributed by atoms with E-state index in [-0.39, 0.29) is 5.91 Å². The Bertz CT molecular complexity index is 916. The van der Waals surface area contributed by atoms with E-state index in [9.17, 15) is 4.79 Å². The molecule has 1 aliphatic heterocycles. The van der Waals surface area contributed by atoms with Crippen LogP contribution in [0.5, 0.6) is 11.5 Å². The van der Waals surface area contributed by atoms with Gasteiger partial charge in [0, 0.05) is 6.54 Å². The molecule has 0 aliphatic carbocycles. The third-order valence-electron chi connectivity index (χ3n) is 4.15. The van der Waals surface area contributed by atoms with Gasteiger partial charge in [-0.05, 0) is 66.7 Å². The van der Waals surface area contributed by atoms with Crippen molar-refractivity contribution >= 4 is 34.6 Å². The number of rotatable bonds is 6. The summed E-state index contributed by atoms with van der Waals surface area (Å²) in [5.74, 6) is 1.56. The summed E-state index contributed by atoms with van der Waals surface area (Å²) in [6, 6.07) is 15.2. The van der Waals surface area contributed by atoms with Crippen LogP contribution in [0, 0.1) is 0 Å². The molecule has 2 aromatic carbocycles. The van der Waals surface area contributed by atoms with E-state index in [0.717, 1.165) is 22.7 Å². The van der Waals surface area contributed by atoms with Gasteiger partial charge < -0.3 is 9.47 Å². The standard InChI is InChI=1S/C22H22N2O3S/c1-4-24-21(25)20(7-5-6-16-8-12-18(26-2)13-9-16)28-22(24)23-17-10-14-19(27-3)15-11-17/h5-15H,4H2,1-3H3/b6-5+,20-7+,23-22?. The summed E-state index contributed by atoms with van der Waals surface area (Å²) < 4.78 is 10.3. The quantitative estimate of drug-likeness (QED) is 0.655. The molecule has 6 heteroatoms. The fraction of sp³-hybridized carbons (Fsp3) is 0.182. The van der Waals surface area contributed by atoms with E-state index in [1.807, 2.05) is 73.7 Å². The predicted octanol–water partition coefficient (Wildman–Crippen LogP) is 4.88. The Balaban J connectivity index is 1.76. The molecule has 1 aliphatic rings. The number of carbonyl (C=O) groups is 1. The lowest BCUT2D eigenvalue weighted by Crippen LogP contribution is -2.28. The van der Waals surface area contributed by atoms with Crippen molar-refractivity contribution < 1.29 is 14.3 Å². The zero-order valence-electron chi connectivity index (χ0n) is 16.1. The maximum atomic E-state index is 12.6. The van der Waals surface area contributed by atoms with Crippen LogP contribution in [0.2, 0.25) is 0 Å². The second-order valence-corrected chi connectivity index (χ2v) is 6.92. The van der Waals surface area contributed by atoms with Gasteiger partial charge in [0.05, 0.1) is 24.8 Å². The smallest absolute Gasteiger partial charge is 0.266 e. The van der Waals surface area contributed by atoms with Crippen molar-refractivity contribution in [1.29, 1.82) is 0 Å². The number of carbonyl (C=O) groups excluding carboxylic acids is 1. The summed E-state index contributed by atoms with van der Waals surface area (Å²) in [5.41, 5.74) is 1.82. The van der Waals surface area contributed by atoms with Crippen molar-refractivity contribution in [3.63, 3.8) is 0 Å². The summed E-state index contributed by atoms with van der Waals surface area (Å²) in [5, 5.41) is 0.682. The number of amidine groups is 1. The maximum Gasteiger partial charge on any atom is 0.266 e. The van der Waals surface area contributed by atoms with Gasteiger partial charge in [0.25, 0.3) is 5.91 Å². The van der Waals surface area contributed by atoms with Crippen molar-refractivity contribution in [3.05, 3.63) is 71.2 Å². The topological polar surface area (TPSA) is 51.1 Å². The average molecular weight is 394 g/mol. The molecular weight excluding hydrogens is 372 g/mol. The number of benzene rings is 2. The molecule has 0 radical (unpaired) electrons. The normalized spacial score (nSPS) is 17.1. The Morgan fingerprint density at radius 3 is 2.18 bits per heavy atom. The molecule has 0 spiro atoms. The second-order valence-electron chi connectivity index (χ2n) is 5.91. The molecule has 0 N–H and O–H groups in total. The fourth-order valence-electron chi connectivity index (χ4n) is 2.61. The number of methoxy groups -OCH3 is 2. The van der Waals surface area contributed by atoms with Crippen LogP contribution < -0.4 is 9.47 Å². The van der Waals surface area contributed by atoms with E-state index >= 15 is 0 Å². The zero-order valence-corrected chi connectivity index (χ0v) is 16.9. The number of likely N-dealkylation sites (N-methyl/N-ethyl adjacent to an activating group) is 1. The van der Waals surface area contributed by atoms with Gasteiger partial charge in [-0.15, -0.1) is 0 Å². The molecule has 0 atom stereocenters. The minimum Gasteiger partial charge on any atom is -0.497 e. The van der Waals surface area contributed by atoms with Gasteiger partial charge in [-0.1, -0.05) is 24.3 Å². The third-order valence-corrected chi connectivity index (χ3v) is 5.18. The molecule has 0 saturated carbocycles. The van der Waals surface area contributed by atoms with Crippen LogP contribution in [0.4, 0.5) is 5.69 Å². The van der Waals surface area contributed by atoms with Crippen LogP contribution in [0.3, 0.4) is 0 Å². The number of amides is 1. The molecule has 0 unspecified atom stereocenters. The summed E-state index contributed by atoms with van der Waals surface area (Å²) in [7, 11) is 3.27. The highest BCUT2D eigenvalue weighted by atomic mass is 32.2. The van der Waals surface area contributed by atoms with Gasteiger partial charge in [-0.25, -0.2) is 4.99 Å². The first kappa shape index (κ1) is 19.8. The van der Waals surface area contributed by atoms with E-state index in [4.69, 9.17) is 9.47 Å².